The van der Waals surface area contributed by atoms with Crippen molar-refractivity contribution >= 4 is 11.6 Å². The summed E-state index contributed by atoms with van der Waals surface area (Å²) in [5.41, 5.74) is 2.43. The Morgan fingerprint density at radius 2 is 2.11 bits per heavy atom. The van der Waals surface area contributed by atoms with E-state index in [0.29, 0.717) is 24.5 Å². The number of amides is 1. The van der Waals surface area contributed by atoms with Crippen LogP contribution in [-0.2, 0) is 16.0 Å². The van der Waals surface area contributed by atoms with Gasteiger partial charge in [0.1, 0.15) is 12.4 Å². The number of hydrogen-bond acceptors (Lipinski definition) is 4. The molecule has 150 valence electrons. The van der Waals surface area contributed by atoms with Gasteiger partial charge in [-0.25, -0.2) is 4.39 Å². The van der Waals surface area contributed by atoms with E-state index in [2.05, 4.69) is 5.32 Å². The van der Waals surface area contributed by atoms with Crippen molar-refractivity contribution in [1.29, 1.82) is 0 Å². The second-order valence-corrected chi connectivity index (χ2v) is 6.96. The number of ether oxygens (including phenoxy) is 3. The highest BCUT2D eigenvalue weighted by molar-refractivity contribution is 5.92. The molecule has 0 aliphatic carbocycles. The molecule has 1 N–H and O–H groups in total. The van der Waals surface area contributed by atoms with Gasteiger partial charge in [0, 0.05) is 13.0 Å². The molecule has 1 atom stereocenters. The van der Waals surface area contributed by atoms with Crippen LogP contribution in [0.3, 0.4) is 0 Å². The maximum atomic E-state index is 13.8. The van der Waals surface area contributed by atoms with Crippen LogP contribution in [0, 0.1) is 12.7 Å². The maximum absolute atomic E-state index is 13.8. The molecule has 0 spiro atoms. The molecule has 0 bridgehead atoms. The normalized spacial score (nSPS) is 16.0. The molecule has 2 aromatic carbocycles. The number of anilines is 1. The van der Waals surface area contributed by atoms with Crippen LogP contribution in [0.5, 0.6) is 11.5 Å². The number of carbonyl (C=O) groups is 1. The molecule has 1 heterocycles. The summed E-state index contributed by atoms with van der Waals surface area (Å²) in [6, 6.07) is 10.4. The Morgan fingerprint density at radius 3 is 2.82 bits per heavy atom. The summed E-state index contributed by atoms with van der Waals surface area (Å²) in [6.07, 6.45) is 2.83. The smallest absolute Gasteiger partial charge is 0.224 e. The van der Waals surface area contributed by atoms with Crippen molar-refractivity contribution in [2.45, 2.75) is 38.7 Å². The molecular formula is C22H26FNO4. The van der Waals surface area contributed by atoms with Crippen LogP contribution < -0.4 is 14.8 Å². The second kappa shape index (κ2) is 9.55. The first-order valence-corrected chi connectivity index (χ1v) is 9.52. The molecule has 0 saturated carbocycles. The monoisotopic (exact) mass is 387 g/mol. The Bertz CT molecular complexity index is 818. The van der Waals surface area contributed by atoms with E-state index in [4.69, 9.17) is 14.2 Å². The van der Waals surface area contributed by atoms with Crippen molar-refractivity contribution in [2.75, 3.05) is 25.6 Å². The lowest BCUT2D eigenvalue weighted by molar-refractivity contribution is -0.116. The fourth-order valence-electron chi connectivity index (χ4n) is 3.15. The first kappa shape index (κ1) is 20.1. The highest BCUT2D eigenvalue weighted by atomic mass is 19.1. The van der Waals surface area contributed by atoms with Crippen LogP contribution in [0.1, 0.15) is 30.4 Å². The minimum absolute atomic E-state index is 0.106. The molecule has 1 saturated heterocycles. The molecule has 1 fully saturated rings. The van der Waals surface area contributed by atoms with Crippen LogP contribution in [0.4, 0.5) is 10.1 Å². The first-order valence-electron chi connectivity index (χ1n) is 9.52. The third-order valence-electron chi connectivity index (χ3n) is 4.72. The van der Waals surface area contributed by atoms with Gasteiger partial charge >= 0.3 is 0 Å². The fourth-order valence-corrected chi connectivity index (χ4v) is 3.15. The summed E-state index contributed by atoms with van der Waals surface area (Å²) in [4.78, 5) is 12.4. The van der Waals surface area contributed by atoms with Gasteiger partial charge in [0.25, 0.3) is 0 Å². The van der Waals surface area contributed by atoms with Gasteiger partial charge < -0.3 is 19.5 Å². The van der Waals surface area contributed by atoms with Gasteiger partial charge in [-0.1, -0.05) is 12.1 Å². The molecule has 0 radical (unpaired) electrons. The van der Waals surface area contributed by atoms with Crippen molar-refractivity contribution in [1.82, 2.24) is 0 Å². The Balaban J connectivity index is 1.57. The molecule has 1 amide bonds. The van der Waals surface area contributed by atoms with Gasteiger partial charge in [0.2, 0.25) is 5.91 Å². The van der Waals surface area contributed by atoms with Crippen LogP contribution >= 0.6 is 0 Å². The van der Waals surface area contributed by atoms with E-state index in [1.807, 2.05) is 25.1 Å². The number of benzene rings is 2. The number of hydrogen-bond donors (Lipinski definition) is 1. The zero-order chi connectivity index (χ0) is 19.9. The predicted octanol–water partition coefficient (Wildman–Crippen LogP) is 4.27. The molecule has 6 heteroatoms. The molecular weight excluding hydrogens is 361 g/mol. The van der Waals surface area contributed by atoms with Crippen molar-refractivity contribution in [2.24, 2.45) is 0 Å². The van der Waals surface area contributed by atoms with Gasteiger partial charge in [-0.05, 0) is 61.6 Å². The van der Waals surface area contributed by atoms with Gasteiger partial charge in [-0.3, -0.25) is 4.79 Å². The van der Waals surface area contributed by atoms with E-state index in [9.17, 15) is 9.18 Å². The van der Waals surface area contributed by atoms with Crippen molar-refractivity contribution in [3.8, 4) is 11.5 Å². The molecule has 5 nitrogen and oxygen atoms in total. The third-order valence-corrected chi connectivity index (χ3v) is 4.72. The van der Waals surface area contributed by atoms with Gasteiger partial charge in [-0.2, -0.15) is 0 Å². The average Bonchev–Trinajstić information content (AvgIpc) is 3.20. The lowest BCUT2D eigenvalue weighted by Gasteiger charge is -2.16. The Kier molecular flexibility index (Phi) is 6.87. The van der Waals surface area contributed by atoms with Crippen LogP contribution in [0.15, 0.2) is 36.4 Å². The summed E-state index contributed by atoms with van der Waals surface area (Å²) in [6.45, 7) is 3.22. The highest BCUT2D eigenvalue weighted by Crippen LogP contribution is 2.27. The van der Waals surface area contributed by atoms with Crippen molar-refractivity contribution in [3.63, 3.8) is 0 Å². The Hall–Kier alpha value is -2.60. The van der Waals surface area contributed by atoms with E-state index in [-0.39, 0.29) is 24.2 Å². The molecule has 1 aliphatic rings. The lowest BCUT2D eigenvalue weighted by atomic mass is 10.1. The molecule has 1 aliphatic heterocycles. The zero-order valence-corrected chi connectivity index (χ0v) is 16.3. The summed E-state index contributed by atoms with van der Waals surface area (Å²) >= 11 is 0. The standard InChI is InChI=1S/C22H26FNO4/c1-15-5-8-19(21(12-15)28-14-17-4-3-11-27-17)24-22(25)10-7-16-6-9-20(26-2)18(23)13-16/h5-6,8-9,12-13,17H,3-4,7,10-11,14H2,1-2H3,(H,24,25). The van der Waals surface area contributed by atoms with E-state index < -0.39 is 5.82 Å². The second-order valence-electron chi connectivity index (χ2n) is 6.96. The van der Waals surface area contributed by atoms with Gasteiger partial charge in [0.15, 0.2) is 11.6 Å². The average molecular weight is 387 g/mol. The Morgan fingerprint density at radius 1 is 1.25 bits per heavy atom. The zero-order valence-electron chi connectivity index (χ0n) is 16.3. The predicted molar refractivity (Wildman–Crippen MR) is 106 cm³/mol. The van der Waals surface area contributed by atoms with E-state index in [1.54, 1.807) is 12.1 Å². The summed E-state index contributed by atoms with van der Waals surface area (Å²) < 4.78 is 30.2. The SMILES string of the molecule is COc1ccc(CCC(=O)Nc2ccc(C)cc2OCC2CCCO2)cc1F. The maximum Gasteiger partial charge on any atom is 0.224 e. The van der Waals surface area contributed by atoms with Crippen LogP contribution in [-0.4, -0.2) is 32.3 Å². The first-order chi connectivity index (χ1) is 13.5. The number of aryl methyl sites for hydroxylation is 2. The van der Waals surface area contributed by atoms with Gasteiger partial charge in [-0.15, -0.1) is 0 Å². The number of methoxy groups -OCH3 is 1. The summed E-state index contributed by atoms with van der Waals surface area (Å²) in [5.74, 6) is 0.256. The van der Waals surface area contributed by atoms with Crippen LogP contribution in [0.25, 0.3) is 0 Å². The number of halogens is 1. The summed E-state index contributed by atoms with van der Waals surface area (Å²) in [7, 11) is 1.42. The lowest BCUT2D eigenvalue weighted by Crippen LogP contribution is -2.18. The summed E-state index contributed by atoms with van der Waals surface area (Å²) in [5, 5.41) is 2.90. The quantitative estimate of drug-likeness (QED) is 0.735. The molecule has 28 heavy (non-hydrogen) atoms. The van der Waals surface area contributed by atoms with Gasteiger partial charge in [0.05, 0.1) is 18.9 Å². The van der Waals surface area contributed by atoms with Crippen LogP contribution in [0.2, 0.25) is 0 Å². The fraction of sp³-hybridized carbons (Fsp3) is 0.409. The number of rotatable bonds is 8. The minimum Gasteiger partial charge on any atom is -0.494 e. The number of carbonyl (C=O) groups excluding carboxylic acids is 1. The third kappa shape index (κ3) is 5.45. The van der Waals surface area contributed by atoms with Crippen molar-refractivity contribution in [3.05, 3.63) is 53.3 Å². The largest absolute Gasteiger partial charge is 0.494 e. The molecule has 0 aromatic heterocycles. The van der Waals surface area contributed by atoms with E-state index >= 15 is 0 Å². The molecule has 2 aromatic rings. The minimum atomic E-state index is -0.427. The Labute approximate surface area is 164 Å². The topological polar surface area (TPSA) is 56.8 Å². The highest BCUT2D eigenvalue weighted by Gasteiger charge is 2.17. The van der Waals surface area contributed by atoms with Crippen molar-refractivity contribution < 1.29 is 23.4 Å². The molecule has 3 rings (SSSR count). The van der Waals surface area contributed by atoms with E-state index in [0.717, 1.165) is 30.6 Å². The molecule has 1 unspecified atom stereocenters. The van der Waals surface area contributed by atoms with E-state index in [1.165, 1.54) is 13.2 Å². The number of nitrogens with one attached hydrogen (secondary N) is 1.